The van der Waals surface area contributed by atoms with Crippen LogP contribution in [0.15, 0.2) is 18.5 Å². The minimum atomic E-state index is -0.523. The third-order valence-electron chi connectivity index (χ3n) is 2.84. The van der Waals surface area contributed by atoms with Crippen LogP contribution < -0.4 is 0 Å². The molecule has 1 aromatic rings. The van der Waals surface area contributed by atoms with E-state index in [1.54, 1.807) is 4.90 Å². The van der Waals surface area contributed by atoms with E-state index in [-0.39, 0.29) is 17.4 Å². The minimum absolute atomic E-state index is 0.116. The van der Waals surface area contributed by atoms with E-state index >= 15 is 0 Å². The van der Waals surface area contributed by atoms with Crippen molar-refractivity contribution in [2.24, 2.45) is 5.92 Å². The molecule has 0 saturated carbocycles. The maximum absolute atomic E-state index is 13.0. The van der Waals surface area contributed by atoms with Gasteiger partial charge >= 0.3 is 0 Å². The van der Waals surface area contributed by atoms with E-state index in [1.807, 2.05) is 0 Å². The van der Waals surface area contributed by atoms with E-state index in [0.717, 1.165) is 19.0 Å². The number of halogens is 1. The molecule has 1 aromatic heterocycles. The van der Waals surface area contributed by atoms with Gasteiger partial charge in [-0.05, 0) is 18.9 Å². The Labute approximate surface area is 98.7 Å². The average molecular weight is 233 g/mol. The summed E-state index contributed by atoms with van der Waals surface area (Å²) < 4.78 is 13.0. The van der Waals surface area contributed by atoms with Crippen LogP contribution in [0.3, 0.4) is 0 Å². The van der Waals surface area contributed by atoms with Crippen molar-refractivity contribution >= 4 is 5.91 Å². The van der Waals surface area contributed by atoms with Gasteiger partial charge in [-0.3, -0.25) is 9.78 Å². The van der Waals surface area contributed by atoms with Crippen LogP contribution >= 0.6 is 0 Å². The van der Waals surface area contributed by atoms with Gasteiger partial charge in [-0.2, -0.15) is 5.26 Å². The van der Waals surface area contributed by atoms with E-state index in [2.05, 4.69) is 11.1 Å². The number of nitriles is 1. The van der Waals surface area contributed by atoms with E-state index in [1.165, 1.54) is 12.3 Å². The van der Waals surface area contributed by atoms with Crippen molar-refractivity contribution in [2.75, 3.05) is 13.1 Å². The first-order valence-electron chi connectivity index (χ1n) is 5.50. The number of pyridine rings is 1. The van der Waals surface area contributed by atoms with Crippen LogP contribution in [0.2, 0.25) is 0 Å². The number of likely N-dealkylation sites (tertiary alicyclic amines) is 1. The molecular weight excluding hydrogens is 221 g/mol. The molecule has 17 heavy (non-hydrogen) atoms. The van der Waals surface area contributed by atoms with Crippen LogP contribution in [-0.2, 0) is 0 Å². The molecule has 0 radical (unpaired) electrons. The van der Waals surface area contributed by atoms with Crippen LogP contribution in [0, 0.1) is 23.1 Å². The summed E-state index contributed by atoms with van der Waals surface area (Å²) in [6.45, 7) is 1.04. The minimum Gasteiger partial charge on any atom is -0.337 e. The topological polar surface area (TPSA) is 57.0 Å². The largest absolute Gasteiger partial charge is 0.337 e. The second-order valence-electron chi connectivity index (χ2n) is 4.11. The first kappa shape index (κ1) is 11.5. The Morgan fingerprint density at radius 2 is 2.41 bits per heavy atom. The van der Waals surface area contributed by atoms with E-state index in [4.69, 9.17) is 5.26 Å². The highest BCUT2D eigenvalue weighted by Gasteiger charge is 2.24. The van der Waals surface area contributed by atoms with Crippen molar-refractivity contribution in [1.82, 2.24) is 9.88 Å². The van der Waals surface area contributed by atoms with Gasteiger partial charge in [-0.1, -0.05) is 0 Å². The predicted octanol–water partition coefficient (Wildman–Crippen LogP) is 1.60. The van der Waals surface area contributed by atoms with Crippen molar-refractivity contribution in [2.45, 2.75) is 12.8 Å². The number of piperidine rings is 1. The van der Waals surface area contributed by atoms with Crippen LogP contribution in [0.5, 0.6) is 0 Å². The number of amides is 1. The average Bonchev–Trinajstić information content (AvgIpc) is 2.38. The smallest absolute Gasteiger partial charge is 0.255 e. The number of hydrogen-bond donors (Lipinski definition) is 0. The number of hydrogen-bond acceptors (Lipinski definition) is 3. The van der Waals surface area contributed by atoms with Crippen LogP contribution in [0.1, 0.15) is 23.2 Å². The van der Waals surface area contributed by atoms with Crippen molar-refractivity contribution in [3.8, 4) is 6.07 Å². The molecule has 0 N–H and O–H groups in total. The SMILES string of the molecule is N#CC1CCCN(C(=O)c2cncc(F)c2)C1. The molecule has 5 heteroatoms. The van der Waals surface area contributed by atoms with Crippen LogP contribution in [-0.4, -0.2) is 28.9 Å². The first-order valence-corrected chi connectivity index (χ1v) is 5.50. The summed E-state index contributed by atoms with van der Waals surface area (Å²) in [6, 6.07) is 3.34. The second kappa shape index (κ2) is 4.91. The van der Waals surface area contributed by atoms with Gasteiger partial charge < -0.3 is 4.90 Å². The van der Waals surface area contributed by atoms with Gasteiger partial charge in [0.25, 0.3) is 5.91 Å². The third kappa shape index (κ3) is 2.59. The molecule has 1 aliphatic heterocycles. The zero-order valence-electron chi connectivity index (χ0n) is 9.27. The van der Waals surface area contributed by atoms with Gasteiger partial charge in [0, 0.05) is 19.3 Å². The summed E-state index contributed by atoms with van der Waals surface area (Å²) in [4.78, 5) is 17.3. The maximum atomic E-state index is 13.0. The third-order valence-corrected chi connectivity index (χ3v) is 2.84. The molecule has 2 heterocycles. The lowest BCUT2D eigenvalue weighted by Crippen LogP contribution is -2.39. The molecule has 1 amide bonds. The normalized spacial score (nSPS) is 19.8. The summed E-state index contributed by atoms with van der Waals surface area (Å²) in [6.07, 6.45) is 4.04. The quantitative estimate of drug-likeness (QED) is 0.740. The molecular formula is C12H12FN3O. The van der Waals surface area contributed by atoms with Gasteiger partial charge in [0.2, 0.25) is 0 Å². The molecule has 2 rings (SSSR count). The highest BCUT2D eigenvalue weighted by Crippen LogP contribution is 2.17. The summed E-state index contributed by atoms with van der Waals surface area (Å²) in [5.74, 6) is -0.893. The fourth-order valence-electron chi connectivity index (χ4n) is 1.98. The predicted molar refractivity (Wildman–Crippen MR) is 58.4 cm³/mol. The molecule has 1 atom stereocenters. The Balaban J connectivity index is 2.12. The monoisotopic (exact) mass is 233 g/mol. The highest BCUT2D eigenvalue weighted by molar-refractivity contribution is 5.94. The lowest BCUT2D eigenvalue weighted by molar-refractivity contribution is 0.0698. The molecule has 0 aliphatic carbocycles. The number of aromatic nitrogens is 1. The first-order chi connectivity index (χ1) is 8.20. The molecule has 1 aliphatic rings. The molecule has 4 nitrogen and oxygen atoms in total. The maximum Gasteiger partial charge on any atom is 0.255 e. The van der Waals surface area contributed by atoms with Crippen LogP contribution in [0.4, 0.5) is 4.39 Å². The number of carbonyl (C=O) groups excluding carboxylic acids is 1. The Morgan fingerprint density at radius 3 is 3.12 bits per heavy atom. The molecule has 1 fully saturated rings. The van der Waals surface area contributed by atoms with Crippen LogP contribution in [0.25, 0.3) is 0 Å². The summed E-state index contributed by atoms with van der Waals surface area (Å²) >= 11 is 0. The van der Waals surface area contributed by atoms with Crippen molar-refractivity contribution in [3.63, 3.8) is 0 Å². The van der Waals surface area contributed by atoms with Crippen molar-refractivity contribution < 1.29 is 9.18 Å². The molecule has 0 spiro atoms. The summed E-state index contributed by atoms with van der Waals surface area (Å²) in [5.41, 5.74) is 0.239. The van der Waals surface area contributed by atoms with Crippen molar-refractivity contribution in [3.05, 3.63) is 29.8 Å². The van der Waals surface area contributed by atoms with E-state index in [9.17, 15) is 9.18 Å². The number of carbonyl (C=O) groups is 1. The van der Waals surface area contributed by atoms with E-state index < -0.39 is 5.82 Å². The van der Waals surface area contributed by atoms with Gasteiger partial charge in [0.15, 0.2) is 0 Å². The Morgan fingerprint density at radius 1 is 1.59 bits per heavy atom. The lowest BCUT2D eigenvalue weighted by Gasteiger charge is -2.29. The van der Waals surface area contributed by atoms with Gasteiger partial charge in [-0.15, -0.1) is 0 Å². The Kier molecular flexibility index (Phi) is 3.33. The molecule has 88 valence electrons. The summed E-state index contributed by atoms with van der Waals surface area (Å²) in [7, 11) is 0. The van der Waals surface area contributed by atoms with E-state index in [0.29, 0.717) is 13.1 Å². The molecule has 1 unspecified atom stereocenters. The standard InChI is InChI=1S/C12H12FN3O/c13-11-4-10(6-15-7-11)12(17)16-3-1-2-9(5-14)8-16/h4,6-7,9H,1-3,8H2. The second-order valence-corrected chi connectivity index (χ2v) is 4.11. The fourth-order valence-corrected chi connectivity index (χ4v) is 1.98. The highest BCUT2D eigenvalue weighted by atomic mass is 19.1. The Hall–Kier alpha value is -1.96. The van der Waals surface area contributed by atoms with Crippen molar-refractivity contribution in [1.29, 1.82) is 5.26 Å². The molecule has 0 aromatic carbocycles. The zero-order valence-corrected chi connectivity index (χ0v) is 9.27. The number of rotatable bonds is 1. The molecule has 1 saturated heterocycles. The fraction of sp³-hybridized carbons (Fsp3) is 0.417. The van der Waals surface area contributed by atoms with Gasteiger partial charge in [0.1, 0.15) is 5.82 Å². The molecule has 0 bridgehead atoms. The Bertz CT molecular complexity index is 469. The van der Waals surface area contributed by atoms with Gasteiger partial charge in [0.05, 0.1) is 23.7 Å². The van der Waals surface area contributed by atoms with Gasteiger partial charge in [-0.25, -0.2) is 4.39 Å². The zero-order chi connectivity index (χ0) is 12.3. The summed E-state index contributed by atoms with van der Waals surface area (Å²) in [5, 5.41) is 8.84. The lowest BCUT2D eigenvalue weighted by atomic mass is 9.99. The number of nitrogens with zero attached hydrogens (tertiary/aromatic N) is 3.